The van der Waals surface area contributed by atoms with E-state index in [1.165, 1.54) is 0 Å². The van der Waals surface area contributed by atoms with Gasteiger partial charge in [0.25, 0.3) is 0 Å². The van der Waals surface area contributed by atoms with Gasteiger partial charge >= 0.3 is 0 Å². The fraction of sp³-hybridized carbons (Fsp3) is 1.00. The maximum atomic E-state index is 9.81. The minimum absolute atomic E-state index is 0.00487. The van der Waals surface area contributed by atoms with Gasteiger partial charge in [-0.15, -0.1) is 0 Å². The molecule has 4 atom stereocenters. The first kappa shape index (κ1) is 11.4. The Morgan fingerprint density at radius 2 is 2.13 bits per heavy atom. The van der Waals surface area contributed by atoms with Gasteiger partial charge in [0.1, 0.15) is 0 Å². The zero-order valence-electron chi connectivity index (χ0n) is 10.1. The molecule has 15 heavy (non-hydrogen) atoms. The summed E-state index contributed by atoms with van der Waals surface area (Å²) in [6.07, 6.45) is 1.64. The molecule has 1 heterocycles. The number of hydrogen-bond acceptors (Lipinski definition) is 3. The molecule has 0 aromatic rings. The molecule has 0 aromatic carbocycles. The van der Waals surface area contributed by atoms with Crippen molar-refractivity contribution in [2.75, 3.05) is 13.1 Å². The average molecular weight is 212 g/mol. The zero-order valence-corrected chi connectivity index (χ0v) is 10.1. The van der Waals surface area contributed by atoms with Crippen LogP contribution >= 0.6 is 0 Å². The minimum atomic E-state index is -0.273. The molecule has 2 unspecified atom stereocenters. The lowest BCUT2D eigenvalue weighted by Crippen LogP contribution is -2.65. The van der Waals surface area contributed by atoms with Crippen LogP contribution in [0.2, 0.25) is 0 Å². The average Bonchev–Trinajstić information content (AvgIpc) is 2.40. The van der Waals surface area contributed by atoms with E-state index in [9.17, 15) is 5.11 Å². The Kier molecular flexibility index (Phi) is 2.82. The first-order chi connectivity index (χ1) is 7.00. The standard InChI is InChI=1S/C12H24N2O/c1-4-14-7-12(11(14)8(2)3)5-9(13)10(15)6-12/h8-11,15H,4-7,13H2,1-3H3/t9-,10-,11?,12?/m1/s1. The van der Waals surface area contributed by atoms with E-state index >= 15 is 0 Å². The highest BCUT2D eigenvalue weighted by Crippen LogP contribution is 2.52. The van der Waals surface area contributed by atoms with Crippen LogP contribution < -0.4 is 5.73 Å². The number of aliphatic hydroxyl groups is 1. The van der Waals surface area contributed by atoms with Crippen LogP contribution in [0.25, 0.3) is 0 Å². The van der Waals surface area contributed by atoms with Crippen molar-refractivity contribution in [1.82, 2.24) is 4.90 Å². The summed E-state index contributed by atoms with van der Waals surface area (Å²) in [6, 6.07) is 0.635. The Balaban J connectivity index is 2.11. The van der Waals surface area contributed by atoms with Crippen LogP contribution in [0.4, 0.5) is 0 Å². The largest absolute Gasteiger partial charge is 0.391 e. The van der Waals surface area contributed by atoms with Crippen molar-refractivity contribution < 1.29 is 5.11 Å². The van der Waals surface area contributed by atoms with E-state index < -0.39 is 0 Å². The van der Waals surface area contributed by atoms with Crippen molar-refractivity contribution in [2.45, 2.75) is 51.8 Å². The third-order valence-corrected chi connectivity index (χ3v) is 4.33. The molecule has 1 aliphatic carbocycles. The van der Waals surface area contributed by atoms with Gasteiger partial charge in [-0.3, -0.25) is 4.90 Å². The van der Waals surface area contributed by atoms with Crippen molar-refractivity contribution in [3.63, 3.8) is 0 Å². The van der Waals surface area contributed by atoms with Gasteiger partial charge in [-0.1, -0.05) is 20.8 Å². The molecular formula is C12H24N2O. The summed E-state index contributed by atoms with van der Waals surface area (Å²) in [6.45, 7) is 9.04. The smallest absolute Gasteiger partial charge is 0.0697 e. The van der Waals surface area contributed by atoms with E-state index in [4.69, 9.17) is 5.73 Å². The summed E-state index contributed by atoms with van der Waals surface area (Å²) in [5, 5.41) is 9.81. The first-order valence-corrected chi connectivity index (χ1v) is 6.18. The second kappa shape index (κ2) is 3.72. The van der Waals surface area contributed by atoms with Crippen molar-refractivity contribution in [2.24, 2.45) is 17.1 Å². The van der Waals surface area contributed by atoms with Crippen molar-refractivity contribution in [3.8, 4) is 0 Å². The van der Waals surface area contributed by atoms with Crippen molar-refractivity contribution >= 4 is 0 Å². The molecule has 3 N–H and O–H groups in total. The molecule has 0 amide bonds. The van der Waals surface area contributed by atoms with Crippen molar-refractivity contribution in [3.05, 3.63) is 0 Å². The van der Waals surface area contributed by atoms with E-state index in [1.807, 2.05) is 0 Å². The molecule has 2 rings (SSSR count). The van der Waals surface area contributed by atoms with Gasteiger partial charge in [-0.25, -0.2) is 0 Å². The van der Waals surface area contributed by atoms with Gasteiger partial charge in [-0.05, 0) is 25.3 Å². The Morgan fingerprint density at radius 3 is 2.53 bits per heavy atom. The van der Waals surface area contributed by atoms with Crippen LogP contribution in [0.1, 0.15) is 33.6 Å². The lowest BCUT2D eigenvalue weighted by Gasteiger charge is -2.58. The highest BCUT2D eigenvalue weighted by molar-refractivity contribution is 5.11. The van der Waals surface area contributed by atoms with Gasteiger partial charge in [0.2, 0.25) is 0 Å². The predicted molar refractivity (Wildman–Crippen MR) is 61.5 cm³/mol. The topological polar surface area (TPSA) is 49.5 Å². The summed E-state index contributed by atoms with van der Waals surface area (Å²) >= 11 is 0. The minimum Gasteiger partial charge on any atom is -0.391 e. The lowest BCUT2D eigenvalue weighted by molar-refractivity contribution is -0.0962. The quantitative estimate of drug-likeness (QED) is 0.712. The number of nitrogens with two attached hydrogens (primary N) is 1. The van der Waals surface area contributed by atoms with E-state index in [1.54, 1.807) is 0 Å². The summed E-state index contributed by atoms with van der Waals surface area (Å²) < 4.78 is 0. The molecule has 0 aromatic heterocycles. The summed E-state index contributed by atoms with van der Waals surface area (Å²) in [7, 11) is 0. The van der Waals surface area contributed by atoms with Crippen LogP contribution in [0.3, 0.4) is 0 Å². The van der Waals surface area contributed by atoms with Crippen LogP contribution in [0.15, 0.2) is 0 Å². The third kappa shape index (κ3) is 1.61. The molecular weight excluding hydrogens is 188 g/mol. The van der Waals surface area contributed by atoms with Gasteiger partial charge in [-0.2, -0.15) is 0 Å². The molecule has 1 aliphatic heterocycles. The molecule has 1 saturated carbocycles. The first-order valence-electron chi connectivity index (χ1n) is 6.18. The SMILES string of the molecule is CCN1CC2(C[C@@H](N)[C@H](O)C2)C1C(C)C. The van der Waals surface area contributed by atoms with Gasteiger partial charge in [0.05, 0.1) is 6.10 Å². The maximum Gasteiger partial charge on any atom is 0.0697 e. The Morgan fingerprint density at radius 1 is 1.47 bits per heavy atom. The number of hydrogen-bond donors (Lipinski definition) is 2. The predicted octanol–water partition coefficient (Wildman–Crippen LogP) is 0.815. The summed E-state index contributed by atoms with van der Waals surface area (Å²) in [4.78, 5) is 2.52. The van der Waals surface area contributed by atoms with Gasteiger partial charge < -0.3 is 10.8 Å². The van der Waals surface area contributed by atoms with Crippen LogP contribution in [0.5, 0.6) is 0 Å². The van der Waals surface area contributed by atoms with Gasteiger partial charge in [0.15, 0.2) is 0 Å². The van der Waals surface area contributed by atoms with Crippen LogP contribution in [-0.2, 0) is 0 Å². The monoisotopic (exact) mass is 212 g/mol. The molecule has 0 radical (unpaired) electrons. The number of likely N-dealkylation sites (tertiary alicyclic amines) is 1. The van der Waals surface area contributed by atoms with E-state index in [2.05, 4.69) is 25.7 Å². The molecule has 88 valence electrons. The molecule has 1 spiro atoms. The Hall–Kier alpha value is -0.120. The number of rotatable bonds is 2. The summed E-state index contributed by atoms with van der Waals surface area (Å²) in [5.41, 5.74) is 6.27. The van der Waals surface area contributed by atoms with Crippen molar-refractivity contribution in [1.29, 1.82) is 0 Å². The molecule has 2 aliphatic rings. The number of aliphatic hydroxyl groups excluding tert-OH is 1. The summed E-state index contributed by atoms with van der Waals surface area (Å²) in [5.74, 6) is 0.663. The van der Waals surface area contributed by atoms with E-state index in [0.717, 1.165) is 25.9 Å². The fourth-order valence-corrected chi connectivity index (χ4v) is 3.94. The maximum absolute atomic E-state index is 9.81. The highest BCUT2D eigenvalue weighted by Gasteiger charge is 2.57. The van der Waals surface area contributed by atoms with Crippen LogP contribution in [-0.4, -0.2) is 41.3 Å². The zero-order chi connectivity index (χ0) is 11.2. The number of nitrogens with zero attached hydrogens (tertiary/aromatic N) is 1. The lowest BCUT2D eigenvalue weighted by atomic mass is 9.65. The van der Waals surface area contributed by atoms with Crippen LogP contribution in [0, 0.1) is 11.3 Å². The highest BCUT2D eigenvalue weighted by atomic mass is 16.3. The molecule has 1 saturated heterocycles. The molecule has 2 fully saturated rings. The van der Waals surface area contributed by atoms with E-state index in [0.29, 0.717) is 17.4 Å². The normalized spacial score (nSPS) is 46.4. The second-order valence-electron chi connectivity index (χ2n) is 5.75. The molecule has 3 heteroatoms. The fourth-order valence-electron chi connectivity index (χ4n) is 3.94. The Bertz CT molecular complexity index is 232. The molecule has 0 bridgehead atoms. The molecule has 3 nitrogen and oxygen atoms in total. The van der Waals surface area contributed by atoms with E-state index in [-0.39, 0.29) is 12.1 Å². The Labute approximate surface area is 92.6 Å². The van der Waals surface area contributed by atoms with Gasteiger partial charge in [0, 0.05) is 24.0 Å². The second-order valence-corrected chi connectivity index (χ2v) is 5.75. The third-order valence-electron chi connectivity index (χ3n) is 4.33.